The fourth-order valence-corrected chi connectivity index (χ4v) is 2.22. The second-order valence-corrected chi connectivity index (χ2v) is 5.13. The zero-order valence-corrected chi connectivity index (χ0v) is 12.0. The molecule has 1 amide bonds. The van der Waals surface area contributed by atoms with E-state index < -0.39 is 6.04 Å². The largest absolute Gasteiger partial charge is 0.497 e. The van der Waals surface area contributed by atoms with Crippen LogP contribution in [0.3, 0.4) is 0 Å². The van der Waals surface area contributed by atoms with Crippen LogP contribution in [0.1, 0.15) is 25.5 Å². The number of nitrogens with one attached hydrogen (secondary N) is 1. The number of rotatable bonds is 5. The molecule has 0 aliphatic rings. The van der Waals surface area contributed by atoms with Gasteiger partial charge in [0, 0.05) is 6.04 Å². The van der Waals surface area contributed by atoms with Crippen LogP contribution in [0.2, 0.25) is 0 Å². The van der Waals surface area contributed by atoms with Crippen LogP contribution in [0, 0.1) is 0 Å². The molecule has 20 heavy (non-hydrogen) atoms. The van der Waals surface area contributed by atoms with Crippen molar-refractivity contribution >= 4 is 16.7 Å². The number of hydrogen-bond donors (Lipinski definition) is 2. The van der Waals surface area contributed by atoms with Crippen molar-refractivity contribution in [3.63, 3.8) is 0 Å². The van der Waals surface area contributed by atoms with E-state index in [9.17, 15) is 4.79 Å². The van der Waals surface area contributed by atoms with Gasteiger partial charge in [0.25, 0.3) is 0 Å². The number of carbonyl (C=O) groups is 1. The van der Waals surface area contributed by atoms with Gasteiger partial charge in [0.15, 0.2) is 0 Å². The molecular weight excluding hydrogens is 252 g/mol. The molecule has 0 fully saturated rings. The molecule has 106 valence electrons. The number of nitrogens with two attached hydrogens (primary N) is 1. The van der Waals surface area contributed by atoms with E-state index in [1.165, 1.54) is 0 Å². The molecule has 1 unspecified atom stereocenters. The van der Waals surface area contributed by atoms with Gasteiger partial charge < -0.3 is 10.5 Å². The van der Waals surface area contributed by atoms with Crippen molar-refractivity contribution < 1.29 is 9.53 Å². The minimum Gasteiger partial charge on any atom is -0.497 e. The summed E-state index contributed by atoms with van der Waals surface area (Å²) >= 11 is 0. The first-order valence-electron chi connectivity index (χ1n) is 6.64. The van der Waals surface area contributed by atoms with Gasteiger partial charge in [-0.2, -0.15) is 0 Å². The summed E-state index contributed by atoms with van der Waals surface area (Å²) in [5.41, 5.74) is 6.36. The third-order valence-corrected chi connectivity index (χ3v) is 3.19. The summed E-state index contributed by atoms with van der Waals surface area (Å²) < 4.78 is 5.20. The Morgan fingerprint density at radius 2 is 1.80 bits per heavy atom. The van der Waals surface area contributed by atoms with Gasteiger partial charge >= 0.3 is 0 Å². The summed E-state index contributed by atoms with van der Waals surface area (Å²) in [5.74, 6) is 0.448. The van der Waals surface area contributed by atoms with E-state index in [-0.39, 0.29) is 11.9 Å². The summed E-state index contributed by atoms with van der Waals surface area (Å²) in [6.45, 7) is 3.98. The van der Waals surface area contributed by atoms with E-state index in [0.717, 1.165) is 22.1 Å². The van der Waals surface area contributed by atoms with Crippen molar-refractivity contribution in [1.29, 1.82) is 0 Å². The highest BCUT2D eigenvalue weighted by atomic mass is 16.5. The van der Waals surface area contributed by atoms with Gasteiger partial charge in [0.05, 0.1) is 7.11 Å². The van der Waals surface area contributed by atoms with Gasteiger partial charge in [0.2, 0.25) is 5.91 Å². The van der Waals surface area contributed by atoms with Gasteiger partial charge in [-0.15, -0.1) is 0 Å². The quantitative estimate of drug-likeness (QED) is 0.878. The molecule has 4 nitrogen and oxygen atoms in total. The first kappa shape index (κ1) is 14.3. The lowest BCUT2D eigenvalue weighted by molar-refractivity contribution is -0.120. The van der Waals surface area contributed by atoms with E-state index in [2.05, 4.69) is 5.32 Å². The Morgan fingerprint density at radius 3 is 2.40 bits per heavy atom. The second-order valence-electron chi connectivity index (χ2n) is 5.13. The second kappa shape index (κ2) is 5.92. The van der Waals surface area contributed by atoms with Crippen molar-refractivity contribution in [2.24, 2.45) is 5.73 Å². The van der Waals surface area contributed by atoms with E-state index in [0.29, 0.717) is 0 Å². The van der Waals surface area contributed by atoms with E-state index in [1.54, 1.807) is 7.11 Å². The average molecular weight is 272 g/mol. The molecule has 4 heteroatoms. The van der Waals surface area contributed by atoms with Gasteiger partial charge in [0.1, 0.15) is 11.8 Å². The fourth-order valence-electron chi connectivity index (χ4n) is 2.22. The summed E-state index contributed by atoms with van der Waals surface area (Å²) in [5, 5.41) is 5.31. The highest BCUT2D eigenvalue weighted by Crippen LogP contribution is 2.24. The molecular formula is C16H20N2O2. The van der Waals surface area contributed by atoms with Crippen LogP contribution in [-0.4, -0.2) is 19.1 Å². The van der Waals surface area contributed by atoms with Gasteiger partial charge in [-0.25, -0.2) is 0 Å². The van der Waals surface area contributed by atoms with Gasteiger partial charge in [-0.1, -0.05) is 18.2 Å². The third kappa shape index (κ3) is 3.08. The zero-order valence-electron chi connectivity index (χ0n) is 12.0. The zero-order chi connectivity index (χ0) is 14.7. The molecule has 0 heterocycles. The topological polar surface area (TPSA) is 64.3 Å². The number of hydrogen-bond acceptors (Lipinski definition) is 3. The van der Waals surface area contributed by atoms with Crippen LogP contribution >= 0.6 is 0 Å². The molecule has 1 atom stereocenters. The van der Waals surface area contributed by atoms with Crippen molar-refractivity contribution in [1.82, 2.24) is 5.32 Å². The maximum Gasteiger partial charge on any atom is 0.239 e. The molecule has 2 aromatic carbocycles. The van der Waals surface area contributed by atoms with Crippen molar-refractivity contribution in [2.45, 2.75) is 25.9 Å². The Hall–Kier alpha value is -2.07. The first-order chi connectivity index (χ1) is 9.51. The Morgan fingerprint density at radius 1 is 1.15 bits per heavy atom. The minimum atomic E-state index is -0.471. The smallest absolute Gasteiger partial charge is 0.239 e. The Balaban J connectivity index is 2.41. The molecule has 2 aromatic rings. The van der Waals surface area contributed by atoms with E-state index in [4.69, 9.17) is 10.5 Å². The van der Waals surface area contributed by atoms with Crippen molar-refractivity contribution in [3.8, 4) is 5.75 Å². The minimum absolute atomic E-state index is 0.180. The molecule has 0 aliphatic carbocycles. The molecule has 0 aromatic heterocycles. The molecule has 0 radical (unpaired) electrons. The number of amides is 1. The Bertz CT molecular complexity index is 623. The lowest BCUT2D eigenvalue weighted by Crippen LogP contribution is -2.37. The molecule has 3 N–H and O–H groups in total. The highest BCUT2D eigenvalue weighted by molar-refractivity contribution is 5.87. The first-order valence-corrected chi connectivity index (χ1v) is 6.64. The number of ether oxygens (including phenoxy) is 1. The SMILES string of the molecule is COc1ccc2cc(C(NC(C)C)C(N)=O)ccc2c1. The summed E-state index contributed by atoms with van der Waals surface area (Å²) in [6, 6.07) is 11.4. The molecule has 0 saturated heterocycles. The number of primary amides is 1. The van der Waals surface area contributed by atoms with E-state index >= 15 is 0 Å². The van der Waals surface area contributed by atoms with Crippen LogP contribution in [0.15, 0.2) is 36.4 Å². The number of fused-ring (bicyclic) bond motifs is 1. The number of carbonyl (C=O) groups excluding carboxylic acids is 1. The standard InChI is InChI=1S/C16H20N2O2/c1-10(2)18-15(16(17)19)13-5-4-12-9-14(20-3)7-6-11(12)8-13/h4-10,15,18H,1-3H3,(H2,17,19). The van der Waals surface area contributed by atoms with Gasteiger partial charge in [-0.3, -0.25) is 10.1 Å². The number of benzene rings is 2. The predicted octanol–water partition coefficient (Wildman–Crippen LogP) is 2.37. The Kier molecular flexibility index (Phi) is 4.25. The molecule has 0 bridgehead atoms. The highest BCUT2D eigenvalue weighted by Gasteiger charge is 2.18. The van der Waals surface area contributed by atoms with Crippen LogP contribution in [0.25, 0.3) is 10.8 Å². The third-order valence-electron chi connectivity index (χ3n) is 3.19. The van der Waals surface area contributed by atoms with Crippen molar-refractivity contribution in [2.75, 3.05) is 7.11 Å². The number of methoxy groups -OCH3 is 1. The molecule has 2 rings (SSSR count). The average Bonchev–Trinajstić information content (AvgIpc) is 2.43. The fraction of sp³-hybridized carbons (Fsp3) is 0.312. The summed E-state index contributed by atoms with van der Waals surface area (Å²) in [4.78, 5) is 11.6. The lowest BCUT2D eigenvalue weighted by atomic mass is 10.0. The van der Waals surface area contributed by atoms with Crippen LogP contribution in [0.4, 0.5) is 0 Å². The maximum atomic E-state index is 11.6. The Labute approximate surface area is 118 Å². The van der Waals surface area contributed by atoms with Crippen molar-refractivity contribution in [3.05, 3.63) is 42.0 Å². The predicted molar refractivity (Wildman–Crippen MR) is 80.7 cm³/mol. The normalized spacial score (nSPS) is 12.6. The van der Waals surface area contributed by atoms with E-state index in [1.807, 2.05) is 50.2 Å². The molecule has 0 saturated carbocycles. The molecule has 0 aliphatic heterocycles. The summed E-state index contributed by atoms with van der Waals surface area (Å²) in [7, 11) is 1.64. The monoisotopic (exact) mass is 272 g/mol. The van der Waals surface area contributed by atoms with Gasteiger partial charge in [-0.05, 0) is 48.4 Å². The van der Waals surface area contributed by atoms with Crippen LogP contribution < -0.4 is 15.8 Å². The lowest BCUT2D eigenvalue weighted by Gasteiger charge is -2.19. The maximum absolute atomic E-state index is 11.6. The van der Waals surface area contributed by atoms with Crippen LogP contribution in [0.5, 0.6) is 5.75 Å². The summed E-state index contributed by atoms with van der Waals surface area (Å²) in [6.07, 6.45) is 0. The molecule has 0 spiro atoms. The van der Waals surface area contributed by atoms with Crippen LogP contribution in [-0.2, 0) is 4.79 Å².